The normalized spacial score (nSPS) is 57.7. The molecule has 3 saturated carbocycles. The molecule has 5 rings (SSSR count). The minimum atomic E-state index is -0.830. The Morgan fingerprint density at radius 2 is 1.39 bits per heavy atom. The molecule has 0 amide bonds. The predicted octanol–water partition coefficient (Wildman–Crippen LogP) is 4.35. The molecule has 208 valence electrons. The van der Waals surface area contributed by atoms with Gasteiger partial charge in [-0.25, -0.2) is 0 Å². The maximum Gasteiger partial charge on any atom is 0.121 e. The Hall–Kier alpha value is -0.240. The number of hydrogen-bond acceptors (Lipinski definition) is 6. The van der Waals surface area contributed by atoms with Gasteiger partial charge in [-0.1, -0.05) is 20.8 Å². The van der Waals surface area contributed by atoms with E-state index in [2.05, 4.69) is 27.7 Å². The number of epoxide rings is 1. The SMILES string of the molecule is CC1(C)O[C@@H]2CC[C@](C)(O)[C@H](CC[C@@]34O[C@]3(C)[C@H](O)C[C@@H]3[C@@H](CC[C@@]3(C)O)C4(C)C)[C@@]2(C)CC[C@H]1O. The molecule has 3 aliphatic carbocycles. The van der Waals surface area contributed by atoms with Gasteiger partial charge in [0.2, 0.25) is 0 Å². The second kappa shape index (κ2) is 7.91. The summed E-state index contributed by atoms with van der Waals surface area (Å²) in [4.78, 5) is 0. The monoisotopic (exact) mass is 508 g/mol. The summed E-state index contributed by atoms with van der Waals surface area (Å²) in [6.07, 6.45) is 5.59. The largest absolute Gasteiger partial charge is 0.390 e. The van der Waals surface area contributed by atoms with Crippen molar-refractivity contribution in [3.05, 3.63) is 0 Å². The first-order valence-electron chi connectivity index (χ1n) is 14.5. The lowest BCUT2D eigenvalue weighted by Crippen LogP contribution is -2.57. The fraction of sp³-hybridized carbons (Fsp3) is 1.00. The van der Waals surface area contributed by atoms with Crippen molar-refractivity contribution in [3.63, 3.8) is 0 Å². The van der Waals surface area contributed by atoms with E-state index < -0.39 is 40.2 Å². The summed E-state index contributed by atoms with van der Waals surface area (Å²) < 4.78 is 13.2. The van der Waals surface area contributed by atoms with Crippen LogP contribution >= 0.6 is 0 Å². The standard InChI is InChI=1S/C30H52O6/c1-24(2)18-9-14-27(6,33)19(18)17-22(32)29(8)30(24,36-29)16-10-20-26(5)13-11-21(31)25(3,4)35-23(26)12-15-28(20,7)34/h18-23,31-34H,9-17H2,1-8H3/t18-,19-,20-,21-,22-,23-,26-,27-,28+,29-,30+/m1/s1. The van der Waals surface area contributed by atoms with Crippen LogP contribution in [0, 0.1) is 28.6 Å². The summed E-state index contributed by atoms with van der Waals surface area (Å²) in [7, 11) is 0. The van der Waals surface area contributed by atoms with Crippen molar-refractivity contribution in [3.8, 4) is 0 Å². The molecular formula is C30H52O6. The first-order valence-corrected chi connectivity index (χ1v) is 14.5. The van der Waals surface area contributed by atoms with Gasteiger partial charge in [0.05, 0.1) is 35.1 Å². The lowest BCUT2D eigenvalue weighted by molar-refractivity contribution is -0.207. The molecule has 0 aromatic rings. The van der Waals surface area contributed by atoms with Crippen LogP contribution in [0.25, 0.3) is 0 Å². The number of rotatable bonds is 3. The number of aliphatic hydroxyl groups is 4. The van der Waals surface area contributed by atoms with Gasteiger partial charge in [-0.15, -0.1) is 0 Å². The highest BCUT2D eigenvalue weighted by molar-refractivity contribution is 5.28. The molecule has 36 heavy (non-hydrogen) atoms. The van der Waals surface area contributed by atoms with Crippen molar-refractivity contribution >= 4 is 0 Å². The zero-order valence-electron chi connectivity index (χ0n) is 23.9. The van der Waals surface area contributed by atoms with Crippen molar-refractivity contribution in [2.75, 3.05) is 0 Å². The second-order valence-electron chi connectivity index (χ2n) is 15.4. The fourth-order valence-corrected chi connectivity index (χ4v) is 10.0. The van der Waals surface area contributed by atoms with Crippen molar-refractivity contribution < 1.29 is 29.9 Å². The Kier molecular flexibility index (Phi) is 6.01. The van der Waals surface area contributed by atoms with E-state index in [0.717, 1.165) is 38.5 Å². The molecule has 2 aliphatic heterocycles. The molecule has 11 atom stereocenters. The van der Waals surface area contributed by atoms with E-state index in [9.17, 15) is 20.4 Å². The zero-order valence-corrected chi connectivity index (χ0v) is 23.9. The summed E-state index contributed by atoms with van der Waals surface area (Å²) in [5.41, 5.74) is -3.80. The van der Waals surface area contributed by atoms with Crippen LogP contribution in [0.5, 0.6) is 0 Å². The smallest absolute Gasteiger partial charge is 0.121 e. The number of fused-ring (bicyclic) bond motifs is 3. The summed E-state index contributed by atoms with van der Waals surface area (Å²) >= 11 is 0. The molecule has 0 aromatic carbocycles. The van der Waals surface area contributed by atoms with Gasteiger partial charge in [0.25, 0.3) is 0 Å². The van der Waals surface area contributed by atoms with Crippen molar-refractivity contribution in [1.82, 2.24) is 0 Å². The van der Waals surface area contributed by atoms with Crippen molar-refractivity contribution in [2.45, 2.75) is 159 Å². The van der Waals surface area contributed by atoms with Crippen LogP contribution in [-0.2, 0) is 9.47 Å². The van der Waals surface area contributed by atoms with Crippen molar-refractivity contribution in [2.24, 2.45) is 28.6 Å². The molecule has 5 fully saturated rings. The lowest BCUT2D eigenvalue weighted by atomic mass is 9.54. The van der Waals surface area contributed by atoms with Gasteiger partial charge in [0.1, 0.15) is 11.2 Å². The Bertz CT molecular complexity index is 881. The Morgan fingerprint density at radius 1 is 0.750 bits per heavy atom. The van der Waals surface area contributed by atoms with Crippen LogP contribution in [0.3, 0.4) is 0 Å². The predicted molar refractivity (Wildman–Crippen MR) is 138 cm³/mol. The summed E-state index contributed by atoms with van der Waals surface area (Å²) in [6, 6.07) is 0. The highest BCUT2D eigenvalue weighted by atomic mass is 16.6. The van der Waals surface area contributed by atoms with E-state index in [1.165, 1.54) is 0 Å². The molecule has 6 nitrogen and oxygen atoms in total. The fourth-order valence-electron chi connectivity index (χ4n) is 10.0. The summed E-state index contributed by atoms with van der Waals surface area (Å²) in [5, 5.41) is 45.1. The molecule has 0 radical (unpaired) electrons. The van der Waals surface area contributed by atoms with E-state index in [0.29, 0.717) is 19.3 Å². The molecule has 0 unspecified atom stereocenters. The van der Waals surface area contributed by atoms with E-state index in [1.54, 1.807) is 0 Å². The van der Waals surface area contributed by atoms with Crippen LogP contribution in [0.2, 0.25) is 0 Å². The summed E-state index contributed by atoms with van der Waals surface area (Å²) in [5.74, 6) is 0.330. The van der Waals surface area contributed by atoms with Crippen LogP contribution in [0.15, 0.2) is 0 Å². The Morgan fingerprint density at radius 3 is 2.06 bits per heavy atom. The maximum atomic E-state index is 11.7. The molecule has 0 aromatic heterocycles. The number of aliphatic hydroxyl groups excluding tert-OH is 2. The second-order valence-corrected chi connectivity index (χ2v) is 15.4. The molecule has 0 bridgehead atoms. The summed E-state index contributed by atoms with van der Waals surface area (Å²) in [6.45, 7) is 16.8. The average Bonchev–Trinajstić information content (AvgIpc) is 3.31. The van der Waals surface area contributed by atoms with Gasteiger partial charge in [0, 0.05) is 0 Å². The third-order valence-electron chi connectivity index (χ3n) is 12.7. The van der Waals surface area contributed by atoms with Gasteiger partial charge in [-0.3, -0.25) is 0 Å². The molecule has 2 heterocycles. The van der Waals surface area contributed by atoms with Crippen molar-refractivity contribution in [1.29, 1.82) is 0 Å². The van der Waals surface area contributed by atoms with E-state index in [-0.39, 0.29) is 34.7 Å². The molecule has 5 aliphatic rings. The van der Waals surface area contributed by atoms with E-state index >= 15 is 0 Å². The molecular weight excluding hydrogens is 456 g/mol. The van der Waals surface area contributed by atoms with Crippen LogP contribution in [0.1, 0.15) is 113 Å². The van der Waals surface area contributed by atoms with Gasteiger partial charge in [0.15, 0.2) is 0 Å². The lowest BCUT2D eigenvalue weighted by Gasteiger charge is -2.54. The minimum Gasteiger partial charge on any atom is -0.390 e. The molecule has 0 spiro atoms. The topological polar surface area (TPSA) is 103 Å². The zero-order chi connectivity index (χ0) is 26.7. The Labute approximate surface area is 218 Å². The third-order valence-corrected chi connectivity index (χ3v) is 12.7. The number of ether oxygens (including phenoxy) is 2. The molecule has 2 saturated heterocycles. The highest BCUT2D eigenvalue weighted by Crippen LogP contribution is 2.71. The van der Waals surface area contributed by atoms with Gasteiger partial charge in [-0.2, -0.15) is 0 Å². The van der Waals surface area contributed by atoms with E-state index in [1.807, 2.05) is 27.7 Å². The third kappa shape index (κ3) is 3.57. The average molecular weight is 509 g/mol. The number of hydrogen-bond donors (Lipinski definition) is 4. The van der Waals surface area contributed by atoms with Gasteiger partial charge >= 0.3 is 0 Å². The first-order chi connectivity index (χ1) is 16.3. The molecule has 6 heteroatoms. The molecule has 4 N–H and O–H groups in total. The van der Waals surface area contributed by atoms with Crippen LogP contribution in [-0.4, -0.2) is 66.7 Å². The van der Waals surface area contributed by atoms with Gasteiger partial charge < -0.3 is 29.9 Å². The quantitative estimate of drug-likeness (QED) is 0.423. The van der Waals surface area contributed by atoms with Crippen LogP contribution < -0.4 is 0 Å². The van der Waals surface area contributed by atoms with Gasteiger partial charge in [-0.05, 0) is 121 Å². The first kappa shape index (κ1) is 27.3. The Balaban J connectivity index is 1.46. The van der Waals surface area contributed by atoms with Crippen LogP contribution in [0.4, 0.5) is 0 Å². The minimum absolute atomic E-state index is 0.00801. The van der Waals surface area contributed by atoms with E-state index in [4.69, 9.17) is 9.47 Å². The maximum absolute atomic E-state index is 11.7. The highest BCUT2D eigenvalue weighted by Gasteiger charge is 2.80.